The molecular weight excluding hydrogens is 543 g/mol. The largest absolute Gasteiger partial charge is 0.461 e. The van der Waals surface area contributed by atoms with E-state index in [0.717, 1.165) is 68.6 Å². The summed E-state index contributed by atoms with van der Waals surface area (Å²) in [5.74, 6) is 1.40. The highest BCUT2D eigenvalue weighted by Gasteiger charge is 2.53. The fraction of sp³-hybridized carbons (Fsp3) is 0.516. The Morgan fingerprint density at radius 2 is 1.93 bits per heavy atom. The Bertz CT molecular complexity index is 1440. The number of nitrogens with zero attached hydrogens (tertiary/aromatic N) is 4. The van der Waals surface area contributed by atoms with E-state index in [4.69, 9.17) is 14.2 Å². The van der Waals surface area contributed by atoms with Gasteiger partial charge in [0.25, 0.3) is 5.91 Å². The minimum atomic E-state index is -0.630. The van der Waals surface area contributed by atoms with Crippen LogP contribution < -0.4 is 4.90 Å². The lowest BCUT2D eigenvalue weighted by Crippen LogP contribution is -2.51. The molecule has 10 heteroatoms. The van der Waals surface area contributed by atoms with Crippen molar-refractivity contribution >= 4 is 28.9 Å². The Hall–Kier alpha value is -3.40. The third-order valence-electron chi connectivity index (χ3n) is 9.08. The Morgan fingerprint density at radius 3 is 2.61 bits per heavy atom. The number of ether oxygens (including phenoxy) is 1. The van der Waals surface area contributed by atoms with Crippen molar-refractivity contribution < 1.29 is 23.2 Å². The molecule has 8 nitrogen and oxygen atoms in total. The summed E-state index contributed by atoms with van der Waals surface area (Å²) in [6.07, 6.45) is 7.96. The van der Waals surface area contributed by atoms with Crippen LogP contribution in [-0.2, 0) is 14.9 Å². The number of hydrogen-bond donors (Lipinski definition) is 0. The zero-order valence-corrected chi connectivity index (χ0v) is 24.2. The Labute approximate surface area is 243 Å². The first-order chi connectivity index (χ1) is 19.9. The van der Waals surface area contributed by atoms with Crippen molar-refractivity contribution in [3.8, 4) is 11.3 Å². The van der Waals surface area contributed by atoms with E-state index in [1.54, 1.807) is 11.8 Å². The lowest BCUT2D eigenvalue weighted by atomic mass is 9.53. The third kappa shape index (κ3) is 5.46. The average Bonchev–Trinajstić information content (AvgIpc) is 3.50. The summed E-state index contributed by atoms with van der Waals surface area (Å²) >= 11 is 1.23. The van der Waals surface area contributed by atoms with Gasteiger partial charge in [0.1, 0.15) is 0 Å². The van der Waals surface area contributed by atoms with Gasteiger partial charge in [-0.3, -0.25) is 9.18 Å². The van der Waals surface area contributed by atoms with E-state index in [2.05, 4.69) is 16.7 Å². The van der Waals surface area contributed by atoms with Gasteiger partial charge in [-0.1, -0.05) is 23.9 Å². The normalized spacial score (nSPS) is 23.4. The van der Waals surface area contributed by atoms with E-state index in [9.17, 15) is 14.0 Å². The first kappa shape index (κ1) is 27.8. The van der Waals surface area contributed by atoms with Crippen LogP contribution >= 0.6 is 11.3 Å². The third-order valence-corrected chi connectivity index (χ3v) is 9.91. The highest BCUT2D eigenvalue weighted by molar-refractivity contribution is 7.11. The summed E-state index contributed by atoms with van der Waals surface area (Å²) in [5, 5.41) is 6.37. The van der Waals surface area contributed by atoms with Gasteiger partial charge in [-0.2, -0.15) is 4.98 Å². The van der Waals surface area contributed by atoms with E-state index < -0.39 is 12.6 Å². The number of anilines is 1. The van der Waals surface area contributed by atoms with Crippen LogP contribution in [0.15, 0.2) is 46.3 Å². The molecule has 1 aromatic carbocycles. The second-order valence-corrected chi connectivity index (χ2v) is 12.6. The van der Waals surface area contributed by atoms with Gasteiger partial charge in [0.05, 0.1) is 19.0 Å². The molecule has 0 radical (unpaired) electrons. The van der Waals surface area contributed by atoms with Gasteiger partial charge in [0.15, 0.2) is 5.82 Å². The molecule has 2 bridgehead atoms. The van der Waals surface area contributed by atoms with Gasteiger partial charge in [0.2, 0.25) is 10.9 Å². The molecule has 4 aliphatic rings. The zero-order valence-electron chi connectivity index (χ0n) is 23.4. The van der Waals surface area contributed by atoms with E-state index in [-0.39, 0.29) is 40.3 Å². The highest BCUT2D eigenvalue weighted by atomic mass is 32.1. The second kappa shape index (κ2) is 11.1. The minimum Gasteiger partial charge on any atom is -0.461 e. The van der Waals surface area contributed by atoms with Gasteiger partial charge in [-0.15, -0.1) is 11.3 Å². The van der Waals surface area contributed by atoms with Crippen LogP contribution in [0.4, 0.5) is 10.1 Å². The van der Waals surface area contributed by atoms with Crippen molar-refractivity contribution in [3.63, 3.8) is 0 Å². The van der Waals surface area contributed by atoms with Gasteiger partial charge in [-0.25, -0.2) is 9.78 Å². The van der Waals surface area contributed by atoms with Crippen LogP contribution in [0, 0.1) is 5.41 Å². The fourth-order valence-electron chi connectivity index (χ4n) is 6.33. The summed E-state index contributed by atoms with van der Waals surface area (Å²) < 4.78 is 24.1. The van der Waals surface area contributed by atoms with Crippen molar-refractivity contribution in [2.24, 2.45) is 5.41 Å². The average molecular weight is 579 g/mol. The van der Waals surface area contributed by atoms with Crippen molar-refractivity contribution in [1.29, 1.82) is 0 Å². The van der Waals surface area contributed by atoms with E-state index in [1.165, 1.54) is 11.3 Å². The number of thiazole rings is 1. The van der Waals surface area contributed by atoms with Crippen LogP contribution in [0.3, 0.4) is 0 Å². The molecular formula is C31H35FN4O4S. The van der Waals surface area contributed by atoms with Crippen molar-refractivity contribution in [3.05, 3.63) is 58.5 Å². The van der Waals surface area contributed by atoms with Crippen LogP contribution in [-0.4, -0.2) is 46.8 Å². The summed E-state index contributed by atoms with van der Waals surface area (Å²) in [6.45, 7) is 5.85. The molecule has 0 N–H and O–H groups in total. The molecule has 2 heterocycles. The van der Waals surface area contributed by atoms with Crippen molar-refractivity contribution in [1.82, 2.24) is 15.1 Å². The number of hydrogen-bond acceptors (Lipinski definition) is 8. The standard InChI is InChI=1S/C31H35FN4O4S/c1-3-39-28(38)26-33-24(18-41-26)22-5-4-6-23(17-22)36(27(37)20(2)9-16-32)19-30-10-13-31(14-11-30,15-12-30)29-34-25(35-40-29)21-7-8-21/h4-6,17-18,21H,2-3,7-16,19H2,1H3. The molecule has 7 rings (SSSR count). The predicted octanol–water partition coefficient (Wildman–Crippen LogP) is 6.79. The molecule has 4 fully saturated rings. The van der Waals surface area contributed by atoms with Gasteiger partial charge in [0, 0.05) is 46.5 Å². The lowest BCUT2D eigenvalue weighted by Gasteiger charge is -2.53. The molecule has 4 saturated carbocycles. The fourth-order valence-corrected chi connectivity index (χ4v) is 7.05. The quantitative estimate of drug-likeness (QED) is 0.183. The van der Waals surface area contributed by atoms with Crippen LogP contribution in [0.5, 0.6) is 0 Å². The number of rotatable bonds is 11. The van der Waals surface area contributed by atoms with E-state index >= 15 is 0 Å². The molecule has 2 aromatic heterocycles. The molecule has 0 spiro atoms. The predicted molar refractivity (Wildman–Crippen MR) is 154 cm³/mol. The monoisotopic (exact) mass is 578 g/mol. The van der Waals surface area contributed by atoms with Gasteiger partial charge in [-0.05, 0) is 75.8 Å². The molecule has 41 heavy (non-hydrogen) atoms. The zero-order chi connectivity index (χ0) is 28.6. The SMILES string of the molecule is C=C(CCF)C(=O)N(CC12CCC(c3nc(C4CC4)no3)(CC1)CC2)c1cccc(-c2csc(C(=O)OCC)n2)c1. The Morgan fingerprint density at radius 1 is 1.17 bits per heavy atom. The lowest BCUT2D eigenvalue weighted by molar-refractivity contribution is -0.116. The molecule has 4 aliphatic carbocycles. The molecule has 0 unspecified atom stereocenters. The first-order valence-electron chi connectivity index (χ1n) is 14.5. The maximum absolute atomic E-state index is 13.7. The maximum Gasteiger partial charge on any atom is 0.367 e. The molecule has 0 aliphatic heterocycles. The van der Waals surface area contributed by atoms with Gasteiger partial charge >= 0.3 is 5.97 Å². The molecule has 1 amide bonds. The molecule has 216 valence electrons. The summed E-state index contributed by atoms with van der Waals surface area (Å²) in [6, 6.07) is 7.59. The van der Waals surface area contributed by atoms with E-state index in [0.29, 0.717) is 23.8 Å². The maximum atomic E-state index is 13.7. The highest BCUT2D eigenvalue weighted by Crippen LogP contribution is 2.58. The summed E-state index contributed by atoms with van der Waals surface area (Å²) in [5.41, 5.74) is 2.26. The number of halogens is 1. The van der Waals surface area contributed by atoms with Crippen LogP contribution in [0.25, 0.3) is 11.3 Å². The number of benzene rings is 1. The molecule has 3 aromatic rings. The Kier molecular flexibility index (Phi) is 7.52. The number of esters is 1. The smallest absolute Gasteiger partial charge is 0.367 e. The van der Waals surface area contributed by atoms with Crippen LogP contribution in [0.2, 0.25) is 0 Å². The second-order valence-electron chi connectivity index (χ2n) is 11.8. The number of carbonyl (C=O) groups is 2. The molecule has 0 atom stereocenters. The number of aromatic nitrogens is 3. The summed E-state index contributed by atoms with van der Waals surface area (Å²) in [4.78, 5) is 36.9. The van der Waals surface area contributed by atoms with Crippen molar-refractivity contribution in [2.75, 3.05) is 24.7 Å². The van der Waals surface area contributed by atoms with Crippen molar-refractivity contribution in [2.45, 2.75) is 76.0 Å². The number of fused-ring (bicyclic) bond motifs is 3. The molecule has 0 saturated heterocycles. The Balaban J connectivity index is 1.24. The van der Waals surface area contributed by atoms with E-state index in [1.807, 2.05) is 29.6 Å². The van der Waals surface area contributed by atoms with Crippen LogP contribution in [0.1, 0.15) is 92.1 Å². The number of alkyl halides is 1. The summed E-state index contributed by atoms with van der Waals surface area (Å²) in [7, 11) is 0. The minimum absolute atomic E-state index is 0.000607. The number of amides is 1. The number of carbonyl (C=O) groups excluding carboxylic acids is 2. The topological polar surface area (TPSA) is 98.4 Å². The first-order valence-corrected chi connectivity index (χ1v) is 15.4. The van der Waals surface area contributed by atoms with Gasteiger partial charge < -0.3 is 14.2 Å².